The van der Waals surface area contributed by atoms with Crippen LogP contribution in [0.4, 0.5) is 0 Å². The number of fused-ring (bicyclic) bond motifs is 5. The van der Waals surface area contributed by atoms with Gasteiger partial charge in [-0.1, -0.05) is 25.5 Å². The lowest BCUT2D eigenvalue weighted by Gasteiger charge is -2.60. The highest BCUT2D eigenvalue weighted by molar-refractivity contribution is 5.79. The van der Waals surface area contributed by atoms with Gasteiger partial charge in [0.05, 0.1) is 0 Å². The summed E-state index contributed by atoms with van der Waals surface area (Å²) in [6.07, 6.45) is 16.4. The molecular formula is C24H32N2O. The molecule has 0 radical (unpaired) electrons. The fraction of sp³-hybridized carbons (Fsp3) is 0.708. The lowest BCUT2D eigenvalue weighted by Crippen LogP contribution is -2.53. The molecule has 0 aromatic carbocycles. The maximum Gasteiger partial charge on any atom is 0.133 e. The molecule has 1 aromatic heterocycles. The molecule has 0 amide bonds. The number of rotatable bonds is 2. The molecule has 0 aliphatic heterocycles. The Morgan fingerprint density at radius 3 is 2.85 bits per heavy atom. The average Bonchev–Trinajstić information content (AvgIpc) is 3.00. The van der Waals surface area contributed by atoms with E-state index in [1.807, 2.05) is 6.20 Å². The molecule has 3 saturated carbocycles. The van der Waals surface area contributed by atoms with Gasteiger partial charge in [0.2, 0.25) is 0 Å². The normalized spacial score (nSPS) is 43.5. The summed E-state index contributed by atoms with van der Waals surface area (Å²) < 4.78 is 0. The van der Waals surface area contributed by atoms with Crippen LogP contribution in [-0.4, -0.2) is 15.8 Å². The molecule has 0 saturated heterocycles. The monoisotopic (exact) mass is 364 g/mol. The van der Waals surface area contributed by atoms with Crippen molar-refractivity contribution in [2.24, 2.45) is 34.5 Å². The summed E-state index contributed by atoms with van der Waals surface area (Å²) in [7, 11) is 0. The number of carbonyl (C=O) groups excluding carboxylic acids is 1. The molecule has 3 nitrogen and oxygen atoms in total. The van der Waals surface area contributed by atoms with Crippen LogP contribution >= 0.6 is 0 Å². The van der Waals surface area contributed by atoms with Gasteiger partial charge >= 0.3 is 0 Å². The number of hydrogen-bond donors (Lipinski definition) is 0. The van der Waals surface area contributed by atoms with Crippen LogP contribution in [0.25, 0.3) is 0 Å². The fourth-order valence-electron chi connectivity index (χ4n) is 7.59. The van der Waals surface area contributed by atoms with Crippen molar-refractivity contribution in [1.29, 1.82) is 0 Å². The Bertz CT molecular complexity index is 772. The molecule has 1 unspecified atom stereocenters. The molecular weight excluding hydrogens is 332 g/mol. The van der Waals surface area contributed by atoms with Crippen LogP contribution in [0.15, 0.2) is 30.2 Å². The van der Waals surface area contributed by atoms with E-state index in [0.717, 1.165) is 49.1 Å². The summed E-state index contributed by atoms with van der Waals surface area (Å²) in [5.41, 5.74) is 3.53. The van der Waals surface area contributed by atoms with Gasteiger partial charge in [0.1, 0.15) is 12.1 Å². The Kier molecular flexibility index (Phi) is 4.07. The number of carbonyl (C=O) groups is 1. The molecule has 0 bridgehead atoms. The molecule has 4 aliphatic rings. The van der Waals surface area contributed by atoms with Crippen molar-refractivity contribution in [3.8, 4) is 0 Å². The van der Waals surface area contributed by atoms with Gasteiger partial charge in [-0.2, -0.15) is 0 Å². The van der Waals surface area contributed by atoms with Gasteiger partial charge in [0.15, 0.2) is 0 Å². The highest BCUT2D eigenvalue weighted by Gasteiger charge is 2.58. The van der Waals surface area contributed by atoms with Crippen molar-refractivity contribution in [2.45, 2.75) is 71.6 Å². The van der Waals surface area contributed by atoms with Gasteiger partial charge in [-0.25, -0.2) is 9.97 Å². The van der Waals surface area contributed by atoms with E-state index in [0.29, 0.717) is 22.5 Å². The molecule has 5 rings (SSSR count). The van der Waals surface area contributed by atoms with E-state index in [9.17, 15) is 4.79 Å². The summed E-state index contributed by atoms with van der Waals surface area (Å²) >= 11 is 0. The van der Waals surface area contributed by atoms with Crippen LogP contribution in [0.2, 0.25) is 0 Å². The summed E-state index contributed by atoms with van der Waals surface area (Å²) in [5.74, 6) is 3.64. The molecule has 144 valence electrons. The minimum atomic E-state index is 0.347. The Balaban J connectivity index is 1.39. The zero-order valence-corrected chi connectivity index (χ0v) is 16.8. The van der Waals surface area contributed by atoms with Crippen LogP contribution in [-0.2, 0) is 11.2 Å². The van der Waals surface area contributed by atoms with Crippen LogP contribution in [0.1, 0.15) is 70.9 Å². The first-order valence-corrected chi connectivity index (χ1v) is 11.0. The second kappa shape index (κ2) is 6.25. The van der Waals surface area contributed by atoms with Crippen molar-refractivity contribution >= 4 is 5.78 Å². The molecule has 0 spiro atoms. The van der Waals surface area contributed by atoms with Crippen molar-refractivity contribution in [2.75, 3.05) is 0 Å². The summed E-state index contributed by atoms with van der Waals surface area (Å²) in [4.78, 5) is 20.6. The Morgan fingerprint density at radius 1 is 1.15 bits per heavy atom. The van der Waals surface area contributed by atoms with E-state index >= 15 is 0 Å². The fourth-order valence-corrected chi connectivity index (χ4v) is 7.59. The number of ketones is 1. The predicted molar refractivity (Wildman–Crippen MR) is 106 cm³/mol. The van der Waals surface area contributed by atoms with E-state index in [1.165, 1.54) is 32.1 Å². The summed E-state index contributed by atoms with van der Waals surface area (Å²) in [5, 5.41) is 0. The standard InChI is InChI=1S/C24H32N2O/c1-23-10-7-19(27)14-17(23)3-5-20-21-6-4-16(13-18-9-12-25-15-26-18)24(21,2)11-8-22(20)23/h4,9,12,15,17,20-22H,3,5-8,10-11,13-14H2,1-2H3/t17?,20-,21-,22-,23-,24+/m0/s1. The number of nitrogens with zero attached hydrogens (tertiary/aromatic N) is 2. The second-order valence-corrected chi connectivity index (χ2v) is 10.2. The topological polar surface area (TPSA) is 42.9 Å². The smallest absolute Gasteiger partial charge is 0.133 e. The predicted octanol–water partition coefficient (Wildman–Crippen LogP) is 5.17. The first kappa shape index (κ1) is 17.6. The maximum absolute atomic E-state index is 12.1. The lowest BCUT2D eigenvalue weighted by atomic mass is 9.44. The van der Waals surface area contributed by atoms with Crippen molar-refractivity contribution in [1.82, 2.24) is 9.97 Å². The van der Waals surface area contributed by atoms with Gasteiger partial charge in [0.25, 0.3) is 0 Å². The third-order valence-corrected chi connectivity index (χ3v) is 9.24. The van der Waals surface area contributed by atoms with E-state index in [4.69, 9.17) is 0 Å². The average molecular weight is 365 g/mol. The van der Waals surface area contributed by atoms with Crippen molar-refractivity contribution < 1.29 is 4.79 Å². The minimum Gasteiger partial charge on any atom is -0.300 e. The van der Waals surface area contributed by atoms with Crippen LogP contribution in [0, 0.1) is 34.5 Å². The van der Waals surface area contributed by atoms with Gasteiger partial charge in [-0.15, -0.1) is 0 Å². The molecule has 0 N–H and O–H groups in total. The largest absolute Gasteiger partial charge is 0.300 e. The Morgan fingerprint density at radius 2 is 2.04 bits per heavy atom. The number of aromatic nitrogens is 2. The van der Waals surface area contributed by atoms with Gasteiger partial charge in [-0.05, 0) is 79.1 Å². The van der Waals surface area contributed by atoms with E-state index in [2.05, 4.69) is 36.0 Å². The molecule has 6 atom stereocenters. The minimum absolute atomic E-state index is 0.347. The zero-order chi connectivity index (χ0) is 18.6. The third kappa shape index (κ3) is 2.64. The highest BCUT2D eigenvalue weighted by Crippen LogP contribution is 2.66. The number of hydrogen-bond acceptors (Lipinski definition) is 3. The van der Waals surface area contributed by atoms with E-state index < -0.39 is 0 Å². The molecule has 3 fully saturated rings. The number of allylic oxidation sites excluding steroid dienone is 2. The SMILES string of the molecule is C[C@]12CCC(=O)CC1CC[C@@H]1[C@@H]2CC[C@]2(C)C(Cc3ccncn3)=CC[C@@H]12. The van der Waals surface area contributed by atoms with Crippen LogP contribution in [0.3, 0.4) is 0 Å². The zero-order valence-electron chi connectivity index (χ0n) is 16.8. The van der Waals surface area contributed by atoms with E-state index in [-0.39, 0.29) is 0 Å². The summed E-state index contributed by atoms with van der Waals surface area (Å²) in [6.45, 7) is 5.07. The quantitative estimate of drug-likeness (QED) is 0.680. The van der Waals surface area contributed by atoms with Gasteiger partial charge < -0.3 is 0 Å². The van der Waals surface area contributed by atoms with Crippen LogP contribution < -0.4 is 0 Å². The Hall–Kier alpha value is -1.51. The molecule has 1 heterocycles. The molecule has 4 aliphatic carbocycles. The Labute approximate surface area is 163 Å². The van der Waals surface area contributed by atoms with Crippen molar-refractivity contribution in [3.05, 3.63) is 35.9 Å². The summed E-state index contributed by atoms with van der Waals surface area (Å²) in [6, 6.07) is 2.06. The first-order valence-electron chi connectivity index (χ1n) is 11.0. The highest BCUT2D eigenvalue weighted by atomic mass is 16.1. The second-order valence-electron chi connectivity index (χ2n) is 10.2. The van der Waals surface area contributed by atoms with Crippen LogP contribution in [0.5, 0.6) is 0 Å². The first-order chi connectivity index (χ1) is 13.0. The van der Waals surface area contributed by atoms with Gasteiger partial charge in [0, 0.05) is 31.2 Å². The molecule has 27 heavy (non-hydrogen) atoms. The maximum atomic E-state index is 12.1. The van der Waals surface area contributed by atoms with Gasteiger partial charge in [-0.3, -0.25) is 4.79 Å². The van der Waals surface area contributed by atoms with Crippen molar-refractivity contribution in [3.63, 3.8) is 0 Å². The van der Waals surface area contributed by atoms with E-state index in [1.54, 1.807) is 11.9 Å². The third-order valence-electron chi connectivity index (χ3n) is 9.24. The number of Topliss-reactive ketones (excluding diaryl/α,β-unsaturated/α-hetero) is 1. The lowest BCUT2D eigenvalue weighted by molar-refractivity contribution is -0.137. The molecule has 3 heteroatoms. The molecule has 1 aromatic rings.